The van der Waals surface area contributed by atoms with Gasteiger partial charge in [0.25, 0.3) is 5.91 Å². The third-order valence-corrected chi connectivity index (χ3v) is 3.66. The number of para-hydroxylation sites is 1. The second-order valence-corrected chi connectivity index (χ2v) is 7.24. The van der Waals surface area contributed by atoms with Crippen LogP contribution in [-0.4, -0.2) is 15.9 Å². The van der Waals surface area contributed by atoms with Crippen LogP contribution >= 0.6 is 15.9 Å². The van der Waals surface area contributed by atoms with Gasteiger partial charge in [-0.25, -0.2) is 0 Å². The summed E-state index contributed by atoms with van der Waals surface area (Å²) >= 11 is 3.53. The Labute approximate surface area is 116 Å². The molecule has 0 saturated carbocycles. The SMILES string of the molecule is CC(C)(C)C1=NN(c2ccccc2)C(=O)C1(C)Br. The number of nitrogens with zero attached hydrogens (tertiary/aromatic N) is 2. The highest BCUT2D eigenvalue weighted by molar-refractivity contribution is 9.10. The summed E-state index contributed by atoms with van der Waals surface area (Å²) in [5.74, 6) is -0.0429. The minimum absolute atomic E-state index is 0.0429. The van der Waals surface area contributed by atoms with Crippen LogP contribution in [0.1, 0.15) is 27.7 Å². The maximum Gasteiger partial charge on any atom is 0.269 e. The lowest BCUT2D eigenvalue weighted by Gasteiger charge is -2.25. The van der Waals surface area contributed by atoms with Gasteiger partial charge < -0.3 is 0 Å². The maximum atomic E-state index is 12.4. The van der Waals surface area contributed by atoms with Gasteiger partial charge in [0, 0.05) is 5.41 Å². The molecule has 1 atom stereocenters. The maximum absolute atomic E-state index is 12.4. The molecule has 18 heavy (non-hydrogen) atoms. The van der Waals surface area contributed by atoms with Gasteiger partial charge in [0.2, 0.25) is 0 Å². The smallest absolute Gasteiger partial charge is 0.269 e. The molecule has 2 rings (SSSR count). The molecule has 0 saturated heterocycles. The fraction of sp³-hybridized carbons (Fsp3) is 0.429. The van der Waals surface area contributed by atoms with Crippen molar-refractivity contribution in [2.45, 2.75) is 32.0 Å². The highest BCUT2D eigenvalue weighted by Crippen LogP contribution is 2.38. The summed E-state index contributed by atoms with van der Waals surface area (Å²) in [6.45, 7) is 8.05. The molecule has 0 aromatic heterocycles. The molecule has 1 amide bonds. The van der Waals surface area contributed by atoms with Gasteiger partial charge in [-0.2, -0.15) is 10.1 Å². The standard InChI is InChI=1S/C14H17BrN2O/c1-13(2,3)11-14(4,15)12(18)17(16-11)10-8-6-5-7-9-10/h5-9H,1-4H3. The average Bonchev–Trinajstić information content (AvgIpc) is 2.52. The molecule has 0 aliphatic carbocycles. The largest absolute Gasteiger partial charge is 0.270 e. The fourth-order valence-corrected chi connectivity index (χ4v) is 2.98. The van der Waals surface area contributed by atoms with Crippen molar-refractivity contribution >= 4 is 33.2 Å². The fourth-order valence-electron chi connectivity index (χ4n) is 2.14. The zero-order valence-electron chi connectivity index (χ0n) is 11.1. The molecule has 1 heterocycles. The van der Waals surface area contributed by atoms with Crippen LogP contribution in [0, 0.1) is 5.41 Å². The van der Waals surface area contributed by atoms with Crippen molar-refractivity contribution in [3.8, 4) is 0 Å². The summed E-state index contributed by atoms with van der Waals surface area (Å²) in [7, 11) is 0. The first-order chi connectivity index (χ1) is 8.24. The normalized spacial score (nSPS) is 24.4. The van der Waals surface area contributed by atoms with Gasteiger partial charge in [-0.05, 0) is 19.1 Å². The van der Waals surface area contributed by atoms with E-state index in [4.69, 9.17) is 0 Å². The zero-order chi connectivity index (χ0) is 13.6. The highest BCUT2D eigenvalue weighted by atomic mass is 79.9. The molecular formula is C14H17BrN2O. The number of rotatable bonds is 1. The van der Waals surface area contributed by atoms with E-state index in [-0.39, 0.29) is 11.3 Å². The van der Waals surface area contributed by atoms with E-state index in [0.717, 1.165) is 11.4 Å². The first-order valence-corrected chi connectivity index (χ1v) is 6.72. The Morgan fingerprint density at radius 3 is 2.22 bits per heavy atom. The van der Waals surface area contributed by atoms with Gasteiger partial charge in [-0.15, -0.1) is 0 Å². The van der Waals surface area contributed by atoms with Crippen molar-refractivity contribution in [2.75, 3.05) is 5.01 Å². The van der Waals surface area contributed by atoms with Crippen LogP contribution in [0.15, 0.2) is 35.4 Å². The zero-order valence-corrected chi connectivity index (χ0v) is 12.7. The number of benzene rings is 1. The number of hydrogen-bond acceptors (Lipinski definition) is 2. The number of hydrogen-bond donors (Lipinski definition) is 0. The Kier molecular flexibility index (Phi) is 3.09. The summed E-state index contributed by atoms with van der Waals surface area (Å²) in [6, 6.07) is 9.50. The van der Waals surface area contributed by atoms with Crippen LogP contribution in [0.3, 0.4) is 0 Å². The molecule has 1 aliphatic rings. The van der Waals surface area contributed by atoms with Crippen molar-refractivity contribution in [1.29, 1.82) is 0 Å². The van der Waals surface area contributed by atoms with E-state index in [9.17, 15) is 4.79 Å². The van der Waals surface area contributed by atoms with Gasteiger partial charge in [0.1, 0.15) is 4.32 Å². The number of halogens is 1. The number of carbonyl (C=O) groups excluding carboxylic acids is 1. The van der Waals surface area contributed by atoms with Crippen LogP contribution in [0.4, 0.5) is 5.69 Å². The minimum Gasteiger partial charge on any atom is -0.270 e. The van der Waals surface area contributed by atoms with E-state index < -0.39 is 4.32 Å². The van der Waals surface area contributed by atoms with E-state index in [1.54, 1.807) is 0 Å². The molecule has 96 valence electrons. The van der Waals surface area contributed by atoms with Crippen molar-refractivity contribution < 1.29 is 4.79 Å². The lowest BCUT2D eigenvalue weighted by atomic mass is 9.83. The van der Waals surface area contributed by atoms with Crippen molar-refractivity contribution in [3.63, 3.8) is 0 Å². The first-order valence-electron chi connectivity index (χ1n) is 5.92. The van der Waals surface area contributed by atoms with E-state index in [0.29, 0.717) is 0 Å². The monoisotopic (exact) mass is 308 g/mol. The summed E-state index contributed by atoms with van der Waals surface area (Å²) in [6.07, 6.45) is 0. The number of alkyl halides is 1. The van der Waals surface area contributed by atoms with Crippen LogP contribution in [-0.2, 0) is 4.79 Å². The summed E-state index contributed by atoms with van der Waals surface area (Å²) < 4.78 is -0.721. The third kappa shape index (κ3) is 2.09. The van der Waals surface area contributed by atoms with E-state index in [1.807, 2.05) is 37.3 Å². The molecule has 0 spiro atoms. The van der Waals surface area contributed by atoms with Gasteiger partial charge in [0.05, 0.1) is 11.4 Å². The quantitative estimate of drug-likeness (QED) is 0.730. The van der Waals surface area contributed by atoms with Gasteiger partial charge >= 0.3 is 0 Å². The summed E-state index contributed by atoms with van der Waals surface area (Å²) in [5.41, 5.74) is 1.49. The van der Waals surface area contributed by atoms with Gasteiger partial charge in [-0.3, -0.25) is 4.79 Å². The third-order valence-electron chi connectivity index (χ3n) is 2.95. The molecule has 0 radical (unpaired) electrons. The second kappa shape index (κ2) is 4.19. The van der Waals surface area contributed by atoms with Crippen LogP contribution < -0.4 is 5.01 Å². The molecule has 0 fully saturated rings. The van der Waals surface area contributed by atoms with E-state index >= 15 is 0 Å². The highest BCUT2D eigenvalue weighted by Gasteiger charge is 2.49. The Morgan fingerprint density at radius 1 is 1.22 bits per heavy atom. The topological polar surface area (TPSA) is 32.7 Å². The number of amides is 1. The van der Waals surface area contributed by atoms with Crippen LogP contribution in [0.2, 0.25) is 0 Å². The van der Waals surface area contributed by atoms with Crippen molar-refractivity contribution in [3.05, 3.63) is 30.3 Å². The lowest BCUT2D eigenvalue weighted by Crippen LogP contribution is -2.42. The predicted molar refractivity (Wildman–Crippen MR) is 78.2 cm³/mol. The molecule has 1 aromatic rings. The molecule has 1 unspecified atom stereocenters. The average molecular weight is 309 g/mol. The van der Waals surface area contributed by atoms with Gasteiger partial charge in [0.15, 0.2) is 0 Å². The Balaban J connectivity index is 2.48. The van der Waals surface area contributed by atoms with Crippen molar-refractivity contribution in [2.24, 2.45) is 10.5 Å². The molecule has 3 nitrogen and oxygen atoms in total. The summed E-state index contributed by atoms with van der Waals surface area (Å²) in [4.78, 5) is 12.4. The van der Waals surface area contributed by atoms with Crippen molar-refractivity contribution in [1.82, 2.24) is 0 Å². The Bertz CT molecular complexity index is 500. The van der Waals surface area contributed by atoms with E-state index in [1.165, 1.54) is 5.01 Å². The number of carbonyl (C=O) groups is 1. The minimum atomic E-state index is -0.721. The van der Waals surface area contributed by atoms with Gasteiger partial charge in [-0.1, -0.05) is 54.9 Å². The molecule has 4 heteroatoms. The molecule has 0 bridgehead atoms. The van der Waals surface area contributed by atoms with Crippen LogP contribution in [0.5, 0.6) is 0 Å². The molecule has 0 N–H and O–H groups in total. The lowest BCUT2D eigenvalue weighted by molar-refractivity contribution is -0.118. The number of anilines is 1. The molecule has 1 aliphatic heterocycles. The first kappa shape index (κ1) is 13.3. The molecule has 1 aromatic carbocycles. The summed E-state index contributed by atoms with van der Waals surface area (Å²) in [5, 5.41) is 6.00. The van der Waals surface area contributed by atoms with E-state index in [2.05, 4.69) is 41.8 Å². The number of hydrazone groups is 1. The Morgan fingerprint density at radius 2 is 1.78 bits per heavy atom. The second-order valence-electron chi connectivity index (χ2n) is 5.65. The Hall–Kier alpha value is -1.16. The molecular weight excluding hydrogens is 292 g/mol. The van der Waals surface area contributed by atoms with Crippen LogP contribution in [0.25, 0.3) is 0 Å². The predicted octanol–water partition coefficient (Wildman–Crippen LogP) is 3.59.